The number of halogens is 1. The van der Waals surface area contributed by atoms with Gasteiger partial charge >= 0.3 is 0 Å². The number of hydrogen-bond acceptors (Lipinski definition) is 4. The summed E-state index contributed by atoms with van der Waals surface area (Å²) in [4.78, 5) is 26.2. The molecule has 1 atom stereocenters. The number of rotatable bonds is 7. The van der Waals surface area contributed by atoms with Gasteiger partial charge in [-0.2, -0.15) is 0 Å². The molecule has 0 spiro atoms. The molecule has 2 aromatic carbocycles. The van der Waals surface area contributed by atoms with E-state index in [-0.39, 0.29) is 24.5 Å². The minimum atomic E-state index is -0.324. The third-order valence-electron chi connectivity index (χ3n) is 4.42. The average Bonchev–Trinajstić information content (AvgIpc) is 3.21. The first-order valence-corrected chi connectivity index (χ1v) is 9.55. The summed E-state index contributed by atoms with van der Waals surface area (Å²) in [6, 6.07) is 13.9. The number of likely N-dealkylation sites (N-methyl/N-ethyl adjacent to an activating group) is 1. The zero-order valence-corrected chi connectivity index (χ0v) is 16.4. The van der Waals surface area contributed by atoms with Crippen molar-refractivity contribution < 1.29 is 19.1 Å². The Morgan fingerprint density at radius 1 is 1.25 bits per heavy atom. The van der Waals surface area contributed by atoms with Crippen LogP contribution in [0.15, 0.2) is 48.5 Å². The quantitative estimate of drug-likeness (QED) is 0.768. The molecule has 1 heterocycles. The summed E-state index contributed by atoms with van der Waals surface area (Å²) < 4.78 is 11.3. The van der Waals surface area contributed by atoms with Crippen LogP contribution in [0.25, 0.3) is 0 Å². The van der Waals surface area contributed by atoms with Gasteiger partial charge < -0.3 is 19.7 Å². The Kier molecular flexibility index (Phi) is 6.90. The number of nitrogens with zero attached hydrogens (tertiary/aromatic N) is 1. The van der Waals surface area contributed by atoms with Gasteiger partial charge in [0.25, 0.3) is 5.91 Å². The highest BCUT2D eigenvalue weighted by Crippen LogP contribution is 2.21. The third kappa shape index (κ3) is 5.47. The normalized spacial score (nSPS) is 15.9. The molecule has 1 N–H and O–H groups in total. The van der Waals surface area contributed by atoms with Crippen molar-refractivity contribution in [1.29, 1.82) is 0 Å². The summed E-state index contributed by atoms with van der Waals surface area (Å²) in [5, 5.41) is 3.15. The van der Waals surface area contributed by atoms with Gasteiger partial charge in [-0.15, -0.1) is 0 Å². The van der Waals surface area contributed by atoms with Crippen molar-refractivity contribution in [2.24, 2.45) is 0 Å². The number of anilines is 1. The zero-order chi connectivity index (χ0) is 19.9. The molecular weight excluding hydrogens is 380 g/mol. The number of carbonyl (C=O) groups excluding carboxylic acids is 2. The second-order valence-corrected chi connectivity index (χ2v) is 7.07. The average molecular weight is 403 g/mol. The summed E-state index contributed by atoms with van der Waals surface area (Å²) in [6.07, 6.45) is 2.14. The topological polar surface area (TPSA) is 67.9 Å². The fourth-order valence-electron chi connectivity index (χ4n) is 2.94. The minimum Gasteiger partial charge on any atom is -0.491 e. The highest BCUT2D eigenvalue weighted by atomic mass is 35.5. The van der Waals surface area contributed by atoms with Crippen molar-refractivity contribution in [2.45, 2.75) is 18.9 Å². The number of para-hydroxylation sites is 1. The van der Waals surface area contributed by atoms with Crippen LogP contribution in [-0.2, 0) is 9.53 Å². The predicted molar refractivity (Wildman–Crippen MR) is 108 cm³/mol. The Morgan fingerprint density at radius 3 is 2.82 bits per heavy atom. The minimum absolute atomic E-state index is 0.0922. The van der Waals surface area contributed by atoms with Crippen LogP contribution in [0.2, 0.25) is 5.02 Å². The molecule has 6 nitrogen and oxygen atoms in total. The van der Waals surface area contributed by atoms with E-state index >= 15 is 0 Å². The number of nitrogens with one attached hydrogen (secondary N) is 1. The fourth-order valence-corrected chi connectivity index (χ4v) is 3.13. The maximum Gasteiger partial charge on any atom is 0.254 e. The van der Waals surface area contributed by atoms with Crippen molar-refractivity contribution in [2.75, 3.05) is 32.1 Å². The molecule has 1 saturated heterocycles. The smallest absolute Gasteiger partial charge is 0.254 e. The largest absolute Gasteiger partial charge is 0.491 e. The van der Waals surface area contributed by atoms with Crippen LogP contribution < -0.4 is 10.1 Å². The van der Waals surface area contributed by atoms with Gasteiger partial charge in [-0.1, -0.05) is 29.8 Å². The van der Waals surface area contributed by atoms with E-state index in [1.807, 2.05) is 0 Å². The molecule has 1 fully saturated rings. The number of ether oxygens (including phenoxy) is 2. The monoisotopic (exact) mass is 402 g/mol. The third-order valence-corrected chi connectivity index (χ3v) is 4.75. The lowest BCUT2D eigenvalue weighted by Crippen LogP contribution is -2.35. The number of carbonyl (C=O) groups is 2. The molecular formula is C21H23ClN2O4. The Morgan fingerprint density at radius 2 is 2.07 bits per heavy atom. The van der Waals surface area contributed by atoms with Gasteiger partial charge in [0.15, 0.2) is 0 Å². The second-order valence-electron chi connectivity index (χ2n) is 6.66. The van der Waals surface area contributed by atoms with Gasteiger partial charge in [0, 0.05) is 19.2 Å². The van der Waals surface area contributed by atoms with Gasteiger partial charge in [0.05, 0.1) is 23.4 Å². The predicted octanol–water partition coefficient (Wildman–Crippen LogP) is 3.61. The highest BCUT2D eigenvalue weighted by molar-refractivity contribution is 6.33. The van der Waals surface area contributed by atoms with Crippen LogP contribution in [0.4, 0.5) is 5.69 Å². The van der Waals surface area contributed by atoms with E-state index in [9.17, 15) is 9.59 Å². The Bertz CT molecular complexity index is 837. The van der Waals surface area contributed by atoms with E-state index < -0.39 is 0 Å². The Labute approximate surface area is 169 Å². The molecule has 3 rings (SSSR count). The van der Waals surface area contributed by atoms with Crippen LogP contribution in [0, 0.1) is 0 Å². The molecule has 1 aliphatic rings. The summed E-state index contributed by atoms with van der Waals surface area (Å²) >= 11 is 6.04. The number of amides is 2. The van der Waals surface area contributed by atoms with Gasteiger partial charge in [-0.25, -0.2) is 0 Å². The van der Waals surface area contributed by atoms with Crippen molar-refractivity contribution in [3.63, 3.8) is 0 Å². The molecule has 0 aromatic heterocycles. The van der Waals surface area contributed by atoms with Crippen LogP contribution in [0.1, 0.15) is 23.2 Å². The van der Waals surface area contributed by atoms with Crippen LogP contribution in [0.3, 0.4) is 0 Å². The van der Waals surface area contributed by atoms with Crippen molar-refractivity contribution in [1.82, 2.24) is 4.90 Å². The molecule has 7 heteroatoms. The fraction of sp³-hybridized carbons (Fsp3) is 0.333. The highest BCUT2D eigenvalue weighted by Gasteiger charge is 2.18. The van der Waals surface area contributed by atoms with E-state index in [1.165, 1.54) is 4.90 Å². The maximum absolute atomic E-state index is 12.7. The molecule has 2 aromatic rings. The molecule has 28 heavy (non-hydrogen) atoms. The van der Waals surface area contributed by atoms with Crippen LogP contribution in [-0.4, -0.2) is 49.6 Å². The van der Waals surface area contributed by atoms with Gasteiger partial charge in [0.1, 0.15) is 12.4 Å². The van der Waals surface area contributed by atoms with Gasteiger partial charge in [-0.3, -0.25) is 9.59 Å². The van der Waals surface area contributed by atoms with Gasteiger partial charge in [0.2, 0.25) is 5.91 Å². The van der Waals surface area contributed by atoms with E-state index in [1.54, 1.807) is 55.6 Å². The molecule has 2 amide bonds. The van der Waals surface area contributed by atoms with Crippen molar-refractivity contribution in [3.05, 3.63) is 59.1 Å². The second kappa shape index (κ2) is 9.57. The lowest BCUT2D eigenvalue weighted by atomic mass is 10.2. The SMILES string of the molecule is CN(CC(=O)Nc1ccccc1Cl)C(=O)c1cccc(OC[C@H]2CCCO2)c1. The first-order valence-electron chi connectivity index (χ1n) is 9.17. The number of benzene rings is 2. The van der Waals surface area contributed by atoms with Crippen molar-refractivity contribution >= 4 is 29.1 Å². The lowest BCUT2D eigenvalue weighted by Gasteiger charge is -2.18. The molecule has 0 aliphatic carbocycles. The molecule has 0 unspecified atom stereocenters. The van der Waals surface area contributed by atoms with Gasteiger partial charge in [-0.05, 0) is 43.2 Å². The molecule has 0 radical (unpaired) electrons. The molecule has 1 aliphatic heterocycles. The maximum atomic E-state index is 12.7. The zero-order valence-electron chi connectivity index (χ0n) is 15.7. The first-order chi connectivity index (χ1) is 13.5. The van der Waals surface area contributed by atoms with E-state index in [0.717, 1.165) is 19.4 Å². The Hall–Kier alpha value is -2.57. The van der Waals surface area contributed by atoms with Crippen LogP contribution >= 0.6 is 11.6 Å². The summed E-state index contributed by atoms with van der Waals surface area (Å²) in [5.41, 5.74) is 0.970. The van der Waals surface area contributed by atoms with Crippen LogP contribution in [0.5, 0.6) is 5.75 Å². The molecule has 0 bridgehead atoms. The molecule has 0 saturated carbocycles. The van der Waals surface area contributed by atoms with Crippen molar-refractivity contribution in [3.8, 4) is 5.75 Å². The Balaban J connectivity index is 1.55. The van der Waals surface area contributed by atoms with E-state index in [4.69, 9.17) is 21.1 Å². The van der Waals surface area contributed by atoms with E-state index in [0.29, 0.717) is 28.6 Å². The standard InChI is InChI=1S/C21H23ClN2O4/c1-24(13-20(25)23-19-10-3-2-9-18(19)22)21(26)15-6-4-7-16(12-15)28-14-17-8-5-11-27-17/h2-4,6-7,9-10,12,17H,5,8,11,13-14H2,1H3,(H,23,25)/t17-/m1/s1. The summed E-state index contributed by atoms with van der Waals surface area (Å²) in [6.45, 7) is 1.15. The molecule has 148 valence electrons. The van der Waals surface area contributed by atoms with E-state index in [2.05, 4.69) is 5.32 Å². The lowest BCUT2D eigenvalue weighted by molar-refractivity contribution is -0.116. The summed E-state index contributed by atoms with van der Waals surface area (Å²) in [7, 11) is 1.58. The summed E-state index contributed by atoms with van der Waals surface area (Å²) in [5.74, 6) is 0.0156. The first kappa shape index (κ1) is 20.2. The number of hydrogen-bond donors (Lipinski definition) is 1.